The molecule has 23 heavy (non-hydrogen) atoms. The number of aromatic nitrogens is 4. The fourth-order valence-corrected chi connectivity index (χ4v) is 2.07. The van der Waals surface area contributed by atoms with Crippen LogP contribution in [0.3, 0.4) is 0 Å². The summed E-state index contributed by atoms with van der Waals surface area (Å²) in [4.78, 5) is 25.4. The summed E-state index contributed by atoms with van der Waals surface area (Å²) in [5.41, 5.74) is 7.61. The second kappa shape index (κ2) is 5.64. The zero-order valence-electron chi connectivity index (χ0n) is 11.6. The van der Waals surface area contributed by atoms with E-state index >= 15 is 0 Å². The molecule has 0 aliphatic carbocycles. The van der Waals surface area contributed by atoms with Crippen molar-refractivity contribution in [3.8, 4) is 22.5 Å². The summed E-state index contributed by atoms with van der Waals surface area (Å²) in [5.74, 6) is -0.671. The SMILES string of the molecule is NC(=O)c1n[nH]nc1-c1ccc(-c2ccc([N+](=O)[O-])cn2)cc1. The Kier molecular flexibility index (Phi) is 3.51. The standard InChI is InChI=1S/C14H10N6O3/c15-14(21)13-12(17-19-18-13)9-3-1-8(2-4-9)11-6-5-10(7-16-11)20(22)23/h1-7H,(H2,15,21)(H,17,18,19). The van der Waals surface area contributed by atoms with Gasteiger partial charge in [0.25, 0.3) is 11.6 Å². The number of carbonyl (C=O) groups is 1. The number of benzene rings is 1. The van der Waals surface area contributed by atoms with Crippen LogP contribution >= 0.6 is 0 Å². The minimum Gasteiger partial charge on any atom is -0.364 e. The maximum Gasteiger partial charge on any atom is 0.287 e. The van der Waals surface area contributed by atoms with E-state index in [9.17, 15) is 14.9 Å². The molecule has 0 fully saturated rings. The second-order valence-electron chi connectivity index (χ2n) is 4.62. The Bertz CT molecular complexity index is 870. The minimum atomic E-state index is -0.671. The molecular formula is C14H10N6O3. The molecule has 3 aromatic rings. The Morgan fingerprint density at radius 3 is 2.35 bits per heavy atom. The first-order chi connectivity index (χ1) is 11.1. The summed E-state index contributed by atoms with van der Waals surface area (Å²) >= 11 is 0. The molecule has 2 heterocycles. The molecule has 3 N–H and O–H groups in total. The van der Waals surface area contributed by atoms with Gasteiger partial charge in [-0.25, -0.2) is 4.98 Å². The molecule has 9 heteroatoms. The van der Waals surface area contributed by atoms with E-state index in [1.807, 2.05) is 0 Å². The van der Waals surface area contributed by atoms with Gasteiger partial charge < -0.3 is 5.73 Å². The number of nitrogens with one attached hydrogen (secondary N) is 1. The van der Waals surface area contributed by atoms with Gasteiger partial charge in [-0.3, -0.25) is 14.9 Å². The maximum atomic E-state index is 11.3. The molecular weight excluding hydrogens is 300 g/mol. The normalized spacial score (nSPS) is 10.4. The number of nitro groups is 1. The van der Waals surface area contributed by atoms with E-state index in [2.05, 4.69) is 20.4 Å². The summed E-state index contributed by atoms with van der Waals surface area (Å²) in [6, 6.07) is 9.97. The first kappa shape index (κ1) is 14.3. The Morgan fingerprint density at radius 2 is 1.78 bits per heavy atom. The molecule has 1 amide bonds. The molecule has 0 spiro atoms. The number of hydrogen-bond donors (Lipinski definition) is 2. The molecule has 9 nitrogen and oxygen atoms in total. The number of nitrogens with zero attached hydrogens (tertiary/aromatic N) is 4. The third-order valence-corrected chi connectivity index (χ3v) is 3.19. The van der Waals surface area contributed by atoms with E-state index in [0.717, 1.165) is 5.56 Å². The second-order valence-corrected chi connectivity index (χ2v) is 4.62. The monoisotopic (exact) mass is 310 g/mol. The Labute approximate surface area is 129 Å². The van der Waals surface area contributed by atoms with Crippen LogP contribution in [0.25, 0.3) is 22.5 Å². The predicted molar refractivity (Wildman–Crippen MR) is 80.2 cm³/mol. The van der Waals surface area contributed by atoms with E-state index in [0.29, 0.717) is 17.0 Å². The van der Waals surface area contributed by atoms with Crippen molar-refractivity contribution in [3.63, 3.8) is 0 Å². The van der Waals surface area contributed by atoms with E-state index in [1.165, 1.54) is 12.3 Å². The smallest absolute Gasteiger partial charge is 0.287 e. The lowest BCUT2D eigenvalue weighted by molar-refractivity contribution is -0.385. The van der Waals surface area contributed by atoms with Gasteiger partial charge in [0.15, 0.2) is 5.69 Å². The number of nitrogens with two attached hydrogens (primary N) is 1. The van der Waals surface area contributed by atoms with Crippen LogP contribution in [-0.4, -0.2) is 31.2 Å². The first-order valence-corrected chi connectivity index (χ1v) is 6.48. The van der Waals surface area contributed by atoms with E-state index < -0.39 is 10.8 Å². The number of primary amides is 1. The average molecular weight is 310 g/mol. The van der Waals surface area contributed by atoms with Crippen molar-refractivity contribution in [2.75, 3.05) is 0 Å². The largest absolute Gasteiger partial charge is 0.364 e. The highest BCUT2D eigenvalue weighted by Crippen LogP contribution is 2.24. The van der Waals surface area contributed by atoms with Crippen LogP contribution in [0.5, 0.6) is 0 Å². The van der Waals surface area contributed by atoms with Crippen LogP contribution in [0.2, 0.25) is 0 Å². The summed E-state index contributed by atoms with van der Waals surface area (Å²) in [6.45, 7) is 0. The van der Waals surface area contributed by atoms with Crippen molar-refractivity contribution in [1.82, 2.24) is 20.4 Å². The quantitative estimate of drug-likeness (QED) is 0.553. The number of amides is 1. The summed E-state index contributed by atoms with van der Waals surface area (Å²) in [5, 5.41) is 20.6. The molecule has 0 aliphatic heterocycles. The van der Waals surface area contributed by atoms with Gasteiger partial charge in [-0.1, -0.05) is 24.3 Å². The lowest BCUT2D eigenvalue weighted by Crippen LogP contribution is -2.12. The molecule has 1 aromatic carbocycles. The number of pyridine rings is 1. The molecule has 2 aromatic heterocycles. The van der Waals surface area contributed by atoms with Crippen LogP contribution in [0.1, 0.15) is 10.5 Å². The fourth-order valence-electron chi connectivity index (χ4n) is 2.07. The predicted octanol–water partition coefficient (Wildman–Crippen LogP) is 1.54. The zero-order valence-corrected chi connectivity index (χ0v) is 11.6. The van der Waals surface area contributed by atoms with Gasteiger partial charge in [0.05, 0.1) is 10.6 Å². The van der Waals surface area contributed by atoms with Gasteiger partial charge >= 0.3 is 0 Å². The van der Waals surface area contributed by atoms with Crippen molar-refractivity contribution in [1.29, 1.82) is 0 Å². The number of rotatable bonds is 4. The Morgan fingerprint density at radius 1 is 1.09 bits per heavy atom. The highest BCUT2D eigenvalue weighted by atomic mass is 16.6. The maximum absolute atomic E-state index is 11.3. The van der Waals surface area contributed by atoms with E-state index in [1.54, 1.807) is 30.3 Å². The lowest BCUT2D eigenvalue weighted by Gasteiger charge is -2.02. The van der Waals surface area contributed by atoms with Crippen LogP contribution in [0.15, 0.2) is 42.6 Å². The summed E-state index contributed by atoms with van der Waals surface area (Å²) in [7, 11) is 0. The van der Waals surface area contributed by atoms with Crippen molar-refractivity contribution in [3.05, 3.63) is 58.4 Å². The van der Waals surface area contributed by atoms with Crippen LogP contribution in [0, 0.1) is 10.1 Å². The molecule has 0 saturated heterocycles. The van der Waals surface area contributed by atoms with E-state index in [-0.39, 0.29) is 11.4 Å². The Hall–Kier alpha value is -3.62. The average Bonchev–Trinajstić information content (AvgIpc) is 3.05. The molecule has 0 atom stereocenters. The van der Waals surface area contributed by atoms with Crippen molar-refractivity contribution < 1.29 is 9.72 Å². The number of H-pyrrole nitrogens is 1. The highest BCUT2D eigenvalue weighted by molar-refractivity contribution is 5.96. The van der Waals surface area contributed by atoms with Crippen molar-refractivity contribution in [2.45, 2.75) is 0 Å². The molecule has 3 rings (SSSR count). The molecule has 114 valence electrons. The minimum absolute atomic E-state index is 0.0613. The van der Waals surface area contributed by atoms with Gasteiger partial charge in [-0.2, -0.15) is 15.4 Å². The van der Waals surface area contributed by atoms with Gasteiger partial charge in [0.2, 0.25) is 0 Å². The lowest BCUT2D eigenvalue weighted by atomic mass is 10.1. The van der Waals surface area contributed by atoms with E-state index in [4.69, 9.17) is 5.73 Å². The number of carbonyl (C=O) groups excluding carboxylic acids is 1. The Balaban J connectivity index is 1.91. The van der Waals surface area contributed by atoms with Crippen LogP contribution in [-0.2, 0) is 0 Å². The third kappa shape index (κ3) is 2.75. The van der Waals surface area contributed by atoms with Crippen molar-refractivity contribution in [2.24, 2.45) is 5.73 Å². The molecule has 0 saturated carbocycles. The van der Waals surface area contributed by atoms with Gasteiger partial charge in [-0.15, -0.1) is 0 Å². The number of aromatic amines is 1. The van der Waals surface area contributed by atoms with Gasteiger partial charge in [-0.05, 0) is 6.07 Å². The highest BCUT2D eigenvalue weighted by Gasteiger charge is 2.15. The zero-order chi connectivity index (χ0) is 16.4. The van der Waals surface area contributed by atoms with Crippen LogP contribution in [0.4, 0.5) is 5.69 Å². The van der Waals surface area contributed by atoms with Crippen molar-refractivity contribution >= 4 is 11.6 Å². The molecule has 0 aliphatic rings. The first-order valence-electron chi connectivity index (χ1n) is 6.48. The summed E-state index contributed by atoms with van der Waals surface area (Å²) in [6.07, 6.45) is 1.20. The summed E-state index contributed by atoms with van der Waals surface area (Å²) < 4.78 is 0. The van der Waals surface area contributed by atoms with Gasteiger partial charge in [0, 0.05) is 17.2 Å². The number of hydrogen-bond acceptors (Lipinski definition) is 6. The fraction of sp³-hybridized carbons (Fsp3) is 0. The third-order valence-electron chi connectivity index (χ3n) is 3.19. The molecule has 0 radical (unpaired) electrons. The molecule has 0 bridgehead atoms. The topological polar surface area (TPSA) is 141 Å². The van der Waals surface area contributed by atoms with Crippen LogP contribution < -0.4 is 5.73 Å². The molecule has 0 unspecified atom stereocenters. The van der Waals surface area contributed by atoms with Gasteiger partial charge in [0.1, 0.15) is 11.9 Å².